The number of nitrogens with zero attached hydrogens (tertiary/aromatic N) is 2. The molecule has 0 radical (unpaired) electrons. The molecule has 2 aliphatic carbocycles. The third-order valence-electron chi connectivity index (χ3n) is 11.4. The van der Waals surface area contributed by atoms with Crippen LogP contribution in [0.4, 0.5) is 34.1 Å². The zero-order valence-electron chi connectivity index (χ0n) is 32.2. The quantitative estimate of drug-likeness (QED) is 0.145. The minimum Gasteiger partial charge on any atom is -0.310 e. The predicted molar refractivity (Wildman–Crippen MR) is 247 cm³/mol. The van der Waals surface area contributed by atoms with E-state index in [1.807, 2.05) is 0 Å². The van der Waals surface area contributed by atoms with Crippen molar-refractivity contribution in [3.8, 4) is 22.3 Å². The number of hydrogen-bond acceptors (Lipinski definition) is 2. The molecular weight excluding hydrogens is 701 g/mol. The second-order valence-electron chi connectivity index (χ2n) is 14.9. The molecule has 58 heavy (non-hydrogen) atoms. The van der Waals surface area contributed by atoms with Gasteiger partial charge in [-0.15, -0.1) is 0 Å². The van der Waals surface area contributed by atoms with Gasteiger partial charge in [0.2, 0.25) is 0 Å². The Morgan fingerprint density at radius 2 is 0.931 bits per heavy atom. The van der Waals surface area contributed by atoms with Crippen molar-refractivity contribution in [2.45, 2.75) is 6.42 Å². The highest BCUT2D eigenvalue weighted by Crippen LogP contribution is 2.44. The number of para-hydroxylation sites is 1. The summed E-state index contributed by atoms with van der Waals surface area (Å²) in [5, 5.41) is 2.45. The van der Waals surface area contributed by atoms with Crippen LogP contribution in [0.25, 0.3) is 38.6 Å². The smallest absolute Gasteiger partial charge is 0.0540 e. The number of allylic oxidation sites excluding steroid dienone is 8. The molecule has 0 N–H and O–H groups in total. The molecule has 1 unspecified atom stereocenters. The third kappa shape index (κ3) is 6.86. The first-order valence-electron chi connectivity index (χ1n) is 20.1. The molecule has 0 fully saturated rings. The van der Waals surface area contributed by atoms with Gasteiger partial charge in [0.05, 0.1) is 5.69 Å². The average Bonchev–Trinajstić information content (AvgIpc) is 3.31. The highest BCUT2D eigenvalue weighted by atomic mass is 15.2. The molecule has 10 rings (SSSR count). The summed E-state index contributed by atoms with van der Waals surface area (Å²) in [4.78, 5) is 4.75. The van der Waals surface area contributed by atoms with Gasteiger partial charge in [0.25, 0.3) is 0 Å². The molecule has 0 saturated carbocycles. The maximum absolute atomic E-state index is 2.41. The minimum atomic E-state index is 0.460. The lowest BCUT2D eigenvalue weighted by Crippen LogP contribution is -2.13. The summed E-state index contributed by atoms with van der Waals surface area (Å²) in [6, 6.07) is 72.2. The van der Waals surface area contributed by atoms with Gasteiger partial charge in [-0.25, -0.2) is 0 Å². The Kier molecular flexibility index (Phi) is 9.43. The lowest BCUT2D eigenvalue weighted by molar-refractivity contribution is 0.783. The van der Waals surface area contributed by atoms with Crippen molar-refractivity contribution in [1.82, 2.24) is 0 Å². The Labute approximate surface area is 341 Å². The fraction of sp³-hybridized carbons (Fsp3) is 0.0357. The van der Waals surface area contributed by atoms with Crippen LogP contribution >= 0.6 is 0 Å². The Bertz CT molecular complexity index is 2830. The Balaban J connectivity index is 1.09. The summed E-state index contributed by atoms with van der Waals surface area (Å²) in [6.07, 6.45) is 14.7. The standard InChI is InChI=1S/C56H42N2/c1-4-15-41(16-5-1)44-29-31-50(32-30-44)58(56-38-37-53(54-25-12-13-26-55(54)56)47-28-27-43-19-10-11-20-45(43)39-47)51-35-33-49(34-36-51)57(48-22-8-3-9-23-48)52-24-14-21-46(40-52)42-17-6-2-7-18-42/h1-26,28-40,43H,27H2. The third-order valence-corrected chi connectivity index (χ3v) is 11.4. The van der Waals surface area contributed by atoms with Crippen LogP contribution in [0, 0.1) is 5.92 Å². The van der Waals surface area contributed by atoms with E-state index in [2.05, 4.69) is 246 Å². The predicted octanol–water partition coefficient (Wildman–Crippen LogP) is 15.6. The molecule has 0 saturated heterocycles. The molecule has 0 bridgehead atoms. The molecular formula is C56H42N2. The van der Waals surface area contributed by atoms with E-state index in [9.17, 15) is 0 Å². The van der Waals surface area contributed by atoms with Crippen LogP contribution < -0.4 is 9.80 Å². The van der Waals surface area contributed by atoms with E-state index in [0.717, 1.165) is 40.5 Å². The SMILES string of the molecule is C1=CC2=CC(c3ccc(N(c4ccc(-c5ccccc5)cc4)c4ccc(N(c5ccccc5)c5cccc(-c6ccccc6)c5)cc4)c4ccccc34)=CCC2C=C1. The monoisotopic (exact) mass is 742 g/mol. The lowest BCUT2D eigenvalue weighted by atomic mass is 9.83. The maximum Gasteiger partial charge on any atom is 0.0540 e. The Morgan fingerprint density at radius 1 is 0.397 bits per heavy atom. The summed E-state index contributed by atoms with van der Waals surface area (Å²) in [5.41, 5.74) is 15.3. The van der Waals surface area contributed by atoms with E-state index in [1.165, 1.54) is 49.7 Å². The molecule has 0 heterocycles. The van der Waals surface area contributed by atoms with Crippen molar-refractivity contribution in [2.24, 2.45) is 5.92 Å². The lowest BCUT2D eigenvalue weighted by Gasteiger charge is -2.30. The largest absolute Gasteiger partial charge is 0.310 e. The number of anilines is 6. The highest BCUT2D eigenvalue weighted by Gasteiger charge is 2.21. The van der Waals surface area contributed by atoms with Gasteiger partial charge in [-0.1, -0.05) is 170 Å². The van der Waals surface area contributed by atoms with Gasteiger partial charge in [0.15, 0.2) is 0 Å². The summed E-state index contributed by atoms with van der Waals surface area (Å²) in [6.45, 7) is 0. The zero-order chi connectivity index (χ0) is 38.7. The van der Waals surface area contributed by atoms with Gasteiger partial charge in [-0.2, -0.15) is 0 Å². The van der Waals surface area contributed by atoms with Crippen molar-refractivity contribution >= 4 is 50.5 Å². The van der Waals surface area contributed by atoms with Crippen molar-refractivity contribution in [1.29, 1.82) is 0 Å². The van der Waals surface area contributed by atoms with Crippen molar-refractivity contribution in [3.05, 3.63) is 248 Å². The van der Waals surface area contributed by atoms with Crippen molar-refractivity contribution in [2.75, 3.05) is 9.80 Å². The van der Waals surface area contributed by atoms with Gasteiger partial charge < -0.3 is 9.80 Å². The van der Waals surface area contributed by atoms with Crippen molar-refractivity contribution < 1.29 is 0 Å². The highest BCUT2D eigenvalue weighted by molar-refractivity contribution is 6.05. The Hall–Kier alpha value is -7.42. The molecule has 8 aromatic rings. The van der Waals surface area contributed by atoms with E-state index in [0.29, 0.717) is 5.92 Å². The number of hydrogen-bond donors (Lipinski definition) is 0. The fourth-order valence-electron chi connectivity index (χ4n) is 8.47. The van der Waals surface area contributed by atoms with Crippen LogP contribution in [0.3, 0.4) is 0 Å². The normalized spacial score (nSPS) is 14.4. The zero-order valence-corrected chi connectivity index (χ0v) is 32.2. The molecule has 1 atom stereocenters. The molecule has 276 valence electrons. The topological polar surface area (TPSA) is 6.48 Å². The fourth-order valence-corrected chi connectivity index (χ4v) is 8.47. The van der Waals surface area contributed by atoms with E-state index in [4.69, 9.17) is 0 Å². The minimum absolute atomic E-state index is 0.460. The first kappa shape index (κ1) is 35.0. The van der Waals surface area contributed by atoms with Gasteiger partial charge in [0.1, 0.15) is 0 Å². The first-order valence-corrected chi connectivity index (χ1v) is 20.1. The number of rotatable bonds is 9. The Morgan fingerprint density at radius 3 is 1.64 bits per heavy atom. The van der Waals surface area contributed by atoms with E-state index in [-0.39, 0.29) is 0 Å². The summed E-state index contributed by atoms with van der Waals surface area (Å²) in [7, 11) is 0. The summed E-state index contributed by atoms with van der Waals surface area (Å²) < 4.78 is 0. The van der Waals surface area contributed by atoms with E-state index < -0.39 is 0 Å². The van der Waals surface area contributed by atoms with Gasteiger partial charge in [0, 0.05) is 39.7 Å². The number of fused-ring (bicyclic) bond motifs is 2. The van der Waals surface area contributed by atoms with Crippen LogP contribution in [0.15, 0.2) is 242 Å². The molecule has 2 aliphatic rings. The molecule has 0 aromatic heterocycles. The summed E-state index contributed by atoms with van der Waals surface area (Å²) >= 11 is 0. The van der Waals surface area contributed by atoms with E-state index >= 15 is 0 Å². The number of benzene rings is 8. The van der Waals surface area contributed by atoms with Gasteiger partial charge in [-0.05, 0) is 118 Å². The van der Waals surface area contributed by atoms with Crippen LogP contribution in [0.2, 0.25) is 0 Å². The van der Waals surface area contributed by atoms with Crippen LogP contribution in [-0.2, 0) is 0 Å². The van der Waals surface area contributed by atoms with Crippen molar-refractivity contribution in [3.63, 3.8) is 0 Å². The average molecular weight is 743 g/mol. The second kappa shape index (κ2) is 15.6. The molecule has 2 nitrogen and oxygen atoms in total. The summed E-state index contributed by atoms with van der Waals surface area (Å²) in [5.74, 6) is 0.460. The van der Waals surface area contributed by atoms with Crippen LogP contribution in [0.5, 0.6) is 0 Å². The maximum atomic E-state index is 2.41. The molecule has 0 spiro atoms. The molecule has 2 heteroatoms. The second-order valence-corrected chi connectivity index (χ2v) is 14.9. The van der Waals surface area contributed by atoms with Gasteiger partial charge in [-0.3, -0.25) is 0 Å². The van der Waals surface area contributed by atoms with E-state index in [1.54, 1.807) is 0 Å². The van der Waals surface area contributed by atoms with Crippen LogP contribution in [0.1, 0.15) is 12.0 Å². The molecule has 0 amide bonds. The first-order chi connectivity index (χ1) is 28.8. The van der Waals surface area contributed by atoms with Gasteiger partial charge >= 0.3 is 0 Å². The molecule has 0 aliphatic heterocycles. The molecule has 8 aromatic carbocycles. The van der Waals surface area contributed by atoms with Crippen LogP contribution in [-0.4, -0.2) is 0 Å².